The minimum absolute atomic E-state index is 0.0634. The van der Waals surface area contributed by atoms with Gasteiger partial charge in [0.1, 0.15) is 17.4 Å². The molecule has 1 N–H and O–H groups in total. The maximum atomic E-state index is 12.6. The van der Waals surface area contributed by atoms with Crippen molar-refractivity contribution in [3.05, 3.63) is 51.5 Å². The fraction of sp³-hybridized carbons (Fsp3) is 0.200. The quantitative estimate of drug-likeness (QED) is 0.544. The number of amides is 1. The molecule has 0 spiro atoms. The van der Waals surface area contributed by atoms with Crippen molar-refractivity contribution in [2.45, 2.75) is 6.92 Å². The summed E-state index contributed by atoms with van der Waals surface area (Å²) < 4.78 is 16.4. The monoisotopic (exact) mass is 430 g/mol. The molecular formula is C20H19BrN2O4. The van der Waals surface area contributed by atoms with Crippen LogP contribution in [0.2, 0.25) is 0 Å². The summed E-state index contributed by atoms with van der Waals surface area (Å²) in [4.78, 5) is 12.6. The van der Waals surface area contributed by atoms with E-state index in [9.17, 15) is 10.1 Å². The number of aryl methyl sites for hydroxylation is 1. The predicted molar refractivity (Wildman–Crippen MR) is 107 cm³/mol. The second kappa shape index (κ2) is 9.10. The van der Waals surface area contributed by atoms with Crippen LogP contribution in [-0.4, -0.2) is 27.2 Å². The number of hydrogen-bond acceptors (Lipinski definition) is 5. The maximum Gasteiger partial charge on any atom is 0.266 e. The molecule has 0 aliphatic heterocycles. The van der Waals surface area contributed by atoms with E-state index >= 15 is 0 Å². The van der Waals surface area contributed by atoms with Gasteiger partial charge in [0.05, 0.1) is 27.0 Å². The Balaban J connectivity index is 2.38. The first-order valence-electron chi connectivity index (χ1n) is 7.92. The molecule has 0 saturated carbocycles. The third-order valence-corrected chi connectivity index (χ3v) is 4.46. The Morgan fingerprint density at radius 3 is 2.30 bits per heavy atom. The van der Waals surface area contributed by atoms with Crippen LogP contribution in [0.1, 0.15) is 11.1 Å². The molecule has 27 heavy (non-hydrogen) atoms. The van der Waals surface area contributed by atoms with Crippen LogP contribution >= 0.6 is 15.9 Å². The van der Waals surface area contributed by atoms with Gasteiger partial charge in [-0.3, -0.25) is 4.79 Å². The highest BCUT2D eigenvalue weighted by molar-refractivity contribution is 9.10. The zero-order valence-electron chi connectivity index (χ0n) is 15.4. The van der Waals surface area contributed by atoms with Crippen molar-refractivity contribution in [3.63, 3.8) is 0 Å². The van der Waals surface area contributed by atoms with Crippen molar-refractivity contribution in [1.82, 2.24) is 0 Å². The number of anilines is 1. The number of ether oxygens (including phenoxy) is 3. The van der Waals surface area contributed by atoms with E-state index in [1.807, 2.05) is 19.1 Å². The third-order valence-electron chi connectivity index (χ3n) is 3.77. The van der Waals surface area contributed by atoms with Crippen molar-refractivity contribution >= 4 is 33.6 Å². The molecule has 6 nitrogen and oxygen atoms in total. The Labute approximate surface area is 166 Å². The van der Waals surface area contributed by atoms with Crippen LogP contribution in [0, 0.1) is 18.3 Å². The second-order valence-corrected chi connectivity index (χ2v) is 6.41. The van der Waals surface area contributed by atoms with Gasteiger partial charge in [-0.15, -0.1) is 0 Å². The normalized spacial score (nSPS) is 10.7. The predicted octanol–water partition coefficient (Wildman–Crippen LogP) is 4.33. The van der Waals surface area contributed by atoms with Crippen LogP contribution in [-0.2, 0) is 4.79 Å². The Hall–Kier alpha value is -2.98. The number of nitrogens with zero attached hydrogens (tertiary/aromatic N) is 1. The standard InChI is InChI=1S/C20H19BrN2O4/c1-12-5-6-17(25-2)16(7-12)23-20(24)14(11-22)8-13-9-18(26-3)19(27-4)10-15(13)21/h5-10H,1-4H3,(H,23,24)/b14-8+. The van der Waals surface area contributed by atoms with Crippen LogP contribution < -0.4 is 19.5 Å². The van der Waals surface area contributed by atoms with Gasteiger partial charge in [-0.05, 0) is 48.4 Å². The van der Waals surface area contributed by atoms with Gasteiger partial charge in [-0.2, -0.15) is 5.26 Å². The minimum atomic E-state index is -0.539. The summed E-state index contributed by atoms with van der Waals surface area (Å²) in [7, 11) is 4.56. The first-order chi connectivity index (χ1) is 12.9. The molecular weight excluding hydrogens is 412 g/mol. The van der Waals surface area contributed by atoms with E-state index < -0.39 is 5.91 Å². The fourth-order valence-electron chi connectivity index (χ4n) is 2.39. The summed E-state index contributed by atoms with van der Waals surface area (Å²) in [5.41, 5.74) is 1.99. The van der Waals surface area contributed by atoms with Crippen molar-refractivity contribution in [1.29, 1.82) is 5.26 Å². The molecule has 0 aliphatic carbocycles. The molecule has 140 valence electrons. The number of rotatable bonds is 6. The summed E-state index contributed by atoms with van der Waals surface area (Å²) in [5, 5.41) is 12.2. The largest absolute Gasteiger partial charge is 0.495 e. The molecule has 2 aromatic carbocycles. The average Bonchev–Trinajstić information content (AvgIpc) is 2.66. The Morgan fingerprint density at radius 2 is 1.70 bits per heavy atom. The summed E-state index contributed by atoms with van der Waals surface area (Å²) >= 11 is 3.42. The SMILES string of the molecule is COc1ccc(C)cc1NC(=O)/C(C#N)=C/c1cc(OC)c(OC)cc1Br. The highest BCUT2D eigenvalue weighted by Gasteiger charge is 2.15. The maximum absolute atomic E-state index is 12.6. The van der Waals surface area contributed by atoms with Crippen LogP contribution in [0.3, 0.4) is 0 Å². The zero-order chi connectivity index (χ0) is 20.0. The van der Waals surface area contributed by atoms with Crippen molar-refractivity contribution in [2.75, 3.05) is 26.6 Å². The van der Waals surface area contributed by atoms with E-state index in [0.717, 1.165) is 5.56 Å². The summed E-state index contributed by atoms with van der Waals surface area (Å²) in [6.45, 7) is 1.90. The number of carbonyl (C=O) groups excluding carboxylic acids is 1. The smallest absolute Gasteiger partial charge is 0.266 e. The topological polar surface area (TPSA) is 80.6 Å². The first-order valence-corrected chi connectivity index (χ1v) is 8.72. The zero-order valence-corrected chi connectivity index (χ0v) is 17.0. The van der Waals surface area contributed by atoms with Gasteiger partial charge >= 0.3 is 0 Å². The molecule has 0 atom stereocenters. The van der Waals surface area contributed by atoms with E-state index in [-0.39, 0.29) is 5.57 Å². The summed E-state index contributed by atoms with van der Waals surface area (Å²) in [6.07, 6.45) is 1.48. The lowest BCUT2D eigenvalue weighted by atomic mass is 10.1. The van der Waals surface area contributed by atoms with E-state index in [1.165, 1.54) is 27.4 Å². The molecule has 0 fully saturated rings. The number of carbonyl (C=O) groups is 1. The molecule has 1 amide bonds. The molecule has 0 unspecified atom stereocenters. The molecule has 0 radical (unpaired) electrons. The van der Waals surface area contributed by atoms with E-state index in [4.69, 9.17) is 14.2 Å². The lowest BCUT2D eigenvalue weighted by molar-refractivity contribution is -0.112. The number of nitrogens with one attached hydrogen (secondary N) is 1. The average molecular weight is 431 g/mol. The minimum Gasteiger partial charge on any atom is -0.495 e. The number of halogens is 1. The van der Waals surface area contributed by atoms with Crippen LogP contribution in [0.15, 0.2) is 40.4 Å². The molecule has 0 saturated heterocycles. The van der Waals surface area contributed by atoms with Crippen molar-refractivity contribution < 1.29 is 19.0 Å². The number of hydrogen-bond donors (Lipinski definition) is 1. The van der Waals surface area contributed by atoms with E-state index in [1.54, 1.807) is 24.3 Å². The highest BCUT2D eigenvalue weighted by atomic mass is 79.9. The molecule has 2 rings (SSSR count). The second-order valence-electron chi connectivity index (χ2n) is 5.56. The van der Waals surface area contributed by atoms with Gasteiger partial charge in [0, 0.05) is 4.47 Å². The molecule has 7 heteroatoms. The van der Waals surface area contributed by atoms with Gasteiger partial charge in [0.2, 0.25) is 0 Å². The van der Waals surface area contributed by atoms with Gasteiger partial charge in [-0.1, -0.05) is 22.0 Å². The lowest BCUT2D eigenvalue weighted by Crippen LogP contribution is -2.14. The van der Waals surface area contributed by atoms with Crippen molar-refractivity contribution in [3.8, 4) is 23.3 Å². The van der Waals surface area contributed by atoms with E-state index in [2.05, 4.69) is 21.2 Å². The van der Waals surface area contributed by atoms with Gasteiger partial charge in [0.15, 0.2) is 11.5 Å². The molecule has 0 aromatic heterocycles. The Kier molecular flexibility index (Phi) is 6.85. The molecule has 0 aliphatic rings. The van der Waals surface area contributed by atoms with Gasteiger partial charge < -0.3 is 19.5 Å². The Bertz CT molecular complexity index is 932. The lowest BCUT2D eigenvalue weighted by Gasteiger charge is -2.12. The molecule has 0 bridgehead atoms. The van der Waals surface area contributed by atoms with Crippen LogP contribution in [0.25, 0.3) is 6.08 Å². The van der Waals surface area contributed by atoms with Crippen molar-refractivity contribution in [2.24, 2.45) is 0 Å². The summed E-state index contributed by atoms with van der Waals surface area (Å²) in [6, 6.07) is 10.7. The first kappa shape index (κ1) is 20.3. The summed E-state index contributed by atoms with van der Waals surface area (Å²) in [5.74, 6) is 1.00. The van der Waals surface area contributed by atoms with Gasteiger partial charge in [0.25, 0.3) is 5.91 Å². The molecule has 2 aromatic rings. The van der Waals surface area contributed by atoms with E-state index in [0.29, 0.717) is 33.0 Å². The Morgan fingerprint density at radius 1 is 1.07 bits per heavy atom. The number of nitriles is 1. The fourth-order valence-corrected chi connectivity index (χ4v) is 2.83. The highest BCUT2D eigenvalue weighted by Crippen LogP contribution is 2.34. The van der Waals surface area contributed by atoms with Crippen LogP contribution in [0.5, 0.6) is 17.2 Å². The number of benzene rings is 2. The molecule has 0 heterocycles. The van der Waals surface area contributed by atoms with Crippen LogP contribution in [0.4, 0.5) is 5.69 Å². The van der Waals surface area contributed by atoms with Gasteiger partial charge in [-0.25, -0.2) is 0 Å². The third kappa shape index (κ3) is 4.80. The number of methoxy groups -OCH3 is 3.